The van der Waals surface area contributed by atoms with Crippen molar-refractivity contribution < 1.29 is 9.53 Å². The van der Waals surface area contributed by atoms with Gasteiger partial charge in [0.2, 0.25) is 0 Å². The summed E-state index contributed by atoms with van der Waals surface area (Å²) in [4.78, 5) is 23.4. The number of thiazole rings is 1. The van der Waals surface area contributed by atoms with E-state index >= 15 is 0 Å². The third-order valence-electron chi connectivity index (χ3n) is 6.38. The van der Waals surface area contributed by atoms with E-state index in [9.17, 15) is 4.79 Å². The van der Waals surface area contributed by atoms with Gasteiger partial charge in [0.05, 0.1) is 29.8 Å². The van der Waals surface area contributed by atoms with Crippen LogP contribution in [0.3, 0.4) is 0 Å². The van der Waals surface area contributed by atoms with Crippen molar-refractivity contribution in [2.75, 3.05) is 37.7 Å². The molecule has 1 aliphatic carbocycles. The number of hydrogen-bond donors (Lipinski definition) is 0. The molecule has 1 atom stereocenters. The molecule has 1 saturated heterocycles. The van der Waals surface area contributed by atoms with Crippen LogP contribution in [0.15, 0.2) is 24.3 Å². The lowest BCUT2D eigenvalue weighted by Crippen LogP contribution is -2.52. The number of nitrogens with zero attached hydrogens (tertiary/aromatic N) is 3. The number of hydrogen-bond acceptors (Lipinski definition) is 6. The molecule has 1 fully saturated rings. The molecule has 1 aromatic carbocycles. The predicted octanol–water partition coefficient (Wildman–Crippen LogP) is 3.56. The Morgan fingerprint density at radius 1 is 1.21 bits per heavy atom. The van der Waals surface area contributed by atoms with Crippen molar-refractivity contribution in [3.05, 3.63) is 46.0 Å². The molecule has 0 spiro atoms. The maximum absolute atomic E-state index is 12.6. The van der Waals surface area contributed by atoms with Gasteiger partial charge >= 0.3 is 0 Å². The molecule has 0 bridgehead atoms. The monoisotopic (exact) mass is 411 g/mol. The molecule has 154 valence electrons. The molecule has 29 heavy (non-hydrogen) atoms. The van der Waals surface area contributed by atoms with E-state index in [4.69, 9.17) is 9.72 Å². The summed E-state index contributed by atoms with van der Waals surface area (Å²) in [6.45, 7) is 9.68. The van der Waals surface area contributed by atoms with Gasteiger partial charge in [-0.3, -0.25) is 9.69 Å². The lowest BCUT2D eigenvalue weighted by Gasteiger charge is -2.39. The fourth-order valence-electron chi connectivity index (χ4n) is 4.90. The van der Waals surface area contributed by atoms with E-state index in [1.165, 1.54) is 11.1 Å². The van der Waals surface area contributed by atoms with Crippen molar-refractivity contribution in [3.63, 3.8) is 0 Å². The molecule has 3 heterocycles. The van der Waals surface area contributed by atoms with Crippen LogP contribution < -0.4 is 4.90 Å². The van der Waals surface area contributed by atoms with Crippen LogP contribution in [0.2, 0.25) is 0 Å². The quantitative estimate of drug-likeness (QED) is 0.773. The van der Waals surface area contributed by atoms with Gasteiger partial charge in [-0.2, -0.15) is 0 Å². The van der Waals surface area contributed by atoms with Crippen LogP contribution in [0.25, 0.3) is 0 Å². The minimum absolute atomic E-state index is 0.0149. The van der Waals surface area contributed by atoms with Gasteiger partial charge in [-0.25, -0.2) is 4.98 Å². The number of rotatable bonds is 3. The second-order valence-corrected chi connectivity index (χ2v) is 10.4. The first-order valence-corrected chi connectivity index (χ1v) is 11.5. The normalized spacial score (nSPS) is 24.3. The maximum atomic E-state index is 12.6. The summed E-state index contributed by atoms with van der Waals surface area (Å²) >= 11 is 1.60. The highest BCUT2D eigenvalue weighted by atomic mass is 32.1. The second-order valence-electron chi connectivity index (χ2n) is 9.39. The SMILES string of the molecule is CC1(C)CC(=O)c2sc(N3CCOCC3CN3CCc4ccccc4C3)nc2C1. The molecule has 2 aliphatic heterocycles. The topological polar surface area (TPSA) is 45.7 Å². The van der Waals surface area contributed by atoms with Crippen LogP contribution in [0.1, 0.15) is 46.8 Å². The van der Waals surface area contributed by atoms with Gasteiger partial charge in [0.25, 0.3) is 0 Å². The number of benzene rings is 1. The van der Waals surface area contributed by atoms with E-state index < -0.39 is 0 Å². The Morgan fingerprint density at radius 2 is 2.03 bits per heavy atom. The van der Waals surface area contributed by atoms with Crippen LogP contribution in [-0.4, -0.2) is 54.6 Å². The Hall–Kier alpha value is -1.76. The third-order valence-corrected chi connectivity index (χ3v) is 7.55. The number of fused-ring (bicyclic) bond motifs is 2. The number of Topliss-reactive ketones (excluding diaryl/α,β-unsaturated/α-hetero) is 1. The summed E-state index contributed by atoms with van der Waals surface area (Å²) in [5.74, 6) is 0.262. The molecule has 5 rings (SSSR count). The Kier molecular flexibility index (Phi) is 4.96. The van der Waals surface area contributed by atoms with E-state index in [2.05, 4.69) is 47.9 Å². The highest BCUT2D eigenvalue weighted by molar-refractivity contribution is 7.17. The molecule has 2 aromatic rings. The maximum Gasteiger partial charge on any atom is 0.186 e. The van der Waals surface area contributed by atoms with E-state index in [0.29, 0.717) is 6.42 Å². The summed E-state index contributed by atoms with van der Waals surface area (Å²) in [5.41, 5.74) is 3.94. The van der Waals surface area contributed by atoms with E-state index in [1.54, 1.807) is 11.3 Å². The lowest BCUT2D eigenvalue weighted by molar-refractivity contribution is 0.0769. The van der Waals surface area contributed by atoms with Gasteiger partial charge in [-0.05, 0) is 29.4 Å². The first-order chi connectivity index (χ1) is 14.0. The van der Waals surface area contributed by atoms with Crippen LogP contribution in [0.4, 0.5) is 5.13 Å². The Labute approximate surface area is 176 Å². The van der Waals surface area contributed by atoms with Crippen molar-refractivity contribution in [2.24, 2.45) is 5.41 Å². The van der Waals surface area contributed by atoms with Gasteiger partial charge in [0, 0.05) is 32.6 Å². The number of ether oxygens (including phenoxy) is 1. The highest BCUT2D eigenvalue weighted by Gasteiger charge is 2.36. The van der Waals surface area contributed by atoms with Gasteiger partial charge < -0.3 is 9.64 Å². The highest BCUT2D eigenvalue weighted by Crippen LogP contribution is 2.40. The van der Waals surface area contributed by atoms with Gasteiger partial charge in [-0.15, -0.1) is 0 Å². The molecule has 3 aliphatic rings. The number of ketones is 1. The lowest BCUT2D eigenvalue weighted by atomic mass is 9.78. The first-order valence-electron chi connectivity index (χ1n) is 10.6. The van der Waals surface area contributed by atoms with Gasteiger partial charge in [-0.1, -0.05) is 49.4 Å². The standard InChI is InChI=1S/C23H29N3O2S/c1-23(2)11-19-21(20(27)12-23)29-22(24-19)26-9-10-28-15-18(26)14-25-8-7-16-5-3-4-6-17(16)13-25/h3-6,18H,7-15H2,1-2H3. The molecule has 0 amide bonds. The van der Waals surface area contributed by atoms with Crippen molar-refractivity contribution in [1.82, 2.24) is 9.88 Å². The van der Waals surface area contributed by atoms with Gasteiger partial charge in [0.15, 0.2) is 10.9 Å². The largest absolute Gasteiger partial charge is 0.377 e. The number of carbonyl (C=O) groups excluding carboxylic acids is 1. The average molecular weight is 412 g/mol. The summed E-state index contributed by atoms with van der Waals surface area (Å²) in [6, 6.07) is 9.06. The predicted molar refractivity (Wildman–Crippen MR) is 116 cm³/mol. The zero-order chi connectivity index (χ0) is 20.0. The van der Waals surface area contributed by atoms with Crippen molar-refractivity contribution in [1.29, 1.82) is 0 Å². The zero-order valence-corrected chi connectivity index (χ0v) is 18.1. The average Bonchev–Trinajstić information content (AvgIpc) is 3.11. The summed E-state index contributed by atoms with van der Waals surface area (Å²) in [7, 11) is 0. The molecule has 6 heteroatoms. The molecule has 5 nitrogen and oxygen atoms in total. The molecule has 0 saturated carbocycles. The fraction of sp³-hybridized carbons (Fsp3) is 0.565. The van der Waals surface area contributed by atoms with Crippen molar-refractivity contribution >= 4 is 22.3 Å². The van der Waals surface area contributed by atoms with Crippen LogP contribution in [0.5, 0.6) is 0 Å². The van der Waals surface area contributed by atoms with E-state index in [-0.39, 0.29) is 17.2 Å². The summed E-state index contributed by atoms with van der Waals surface area (Å²) < 4.78 is 5.84. The van der Waals surface area contributed by atoms with Crippen LogP contribution in [0, 0.1) is 5.41 Å². The molecule has 0 N–H and O–H groups in total. The van der Waals surface area contributed by atoms with Crippen molar-refractivity contribution in [2.45, 2.75) is 45.7 Å². The minimum Gasteiger partial charge on any atom is -0.377 e. The zero-order valence-electron chi connectivity index (χ0n) is 17.3. The molecule has 1 unspecified atom stereocenters. The molecule has 0 radical (unpaired) electrons. The Bertz CT molecular complexity index is 923. The number of carbonyl (C=O) groups is 1. The Morgan fingerprint density at radius 3 is 2.90 bits per heavy atom. The van der Waals surface area contributed by atoms with Crippen molar-refractivity contribution in [3.8, 4) is 0 Å². The van der Waals surface area contributed by atoms with E-state index in [0.717, 1.165) is 67.9 Å². The smallest absolute Gasteiger partial charge is 0.186 e. The third kappa shape index (κ3) is 3.86. The van der Waals surface area contributed by atoms with Crippen LogP contribution in [-0.2, 0) is 24.1 Å². The number of aromatic nitrogens is 1. The Balaban J connectivity index is 1.34. The van der Waals surface area contributed by atoms with E-state index in [1.807, 2.05) is 0 Å². The van der Waals surface area contributed by atoms with Crippen LogP contribution >= 0.6 is 11.3 Å². The molecular formula is C23H29N3O2S. The summed E-state index contributed by atoms with van der Waals surface area (Å²) in [6.07, 6.45) is 2.63. The number of morpholine rings is 1. The first kappa shape index (κ1) is 19.2. The number of anilines is 1. The minimum atomic E-state index is 0.0149. The molecular weight excluding hydrogens is 382 g/mol. The summed E-state index contributed by atoms with van der Waals surface area (Å²) in [5, 5.41) is 1.01. The fourth-order valence-corrected chi connectivity index (χ4v) is 6.01. The van der Waals surface area contributed by atoms with Gasteiger partial charge in [0.1, 0.15) is 0 Å². The molecule has 1 aromatic heterocycles. The second kappa shape index (κ2) is 7.49.